The van der Waals surface area contributed by atoms with Gasteiger partial charge in [0.05, 0.1) is 11.4 Å². The predicted molar refractivity (Wildman–Crippen MR) is 106 cm³/mol. The van der Waals surface area contributed by atoms with Crippen LogP contribution in [-0.4, -0.2) is 20.5 Å². The van der Waals surface area contributed by atoms with E-state index in [2.05, 4.69) is 62.3 Å². The zero-order chi connectivity index (χ0) is 17.9. The number of hydrogen-bond donors (Lipinski definition) is 2. The average molecular weight is 398 g/mol. The van der Waals surface area contributed by atoms with Crippen LogP contribution < -0.4 is 10.6 Å². The summed E-state index contributed by atoms with van der Waals surface area (Å²) in [6.07, 6.45) is 3.55. The first-order chi connectivity index (χ1) is 11.9. The molecule has 3 rings (SSSR count). The van der Waals surface area contributed by atoms with Crippen LogP contribution in [0.2, 0.25) is 0 Å². The molecule has 5 nitrogen and oxygen atoms in total. The van der Waals surface area contributed by atoms with Crippen LogP contribution in [0, 0.1) is 0 Å². The zero-order valence-corrected chi connectivity index (χ0v) is 16.0. The molecular formula is C19H20BrN5. The summed E-state index contributed by atoms with van der Waals surface area (Å²) in [4.78, 5) is 13.4. The summed E-state index contributed by atoms with van der Waals surface area (Å²) >= 11 is 3.55. The van der Waals surface area contributed by atoms with Crippen molar-refractivity contribution < 1.29 is 0 Å². The van der Waals surface area contributed by atoms with E-state index in [-0.39, 0.29) is 5.54 Å². The SMILES string of the molecule is CC(C)(C)Nc1nc(Nc2ccccc2Br)cc(-c2cccnc2)n1. The molecule has 2 aromatic heterocycles. The van der Waals surface area contributed by atoms with Crippen LogP contribution in [0.15, 0.2) is 59.3 Å². The number of pyridine rings is 1. The zero-order valence-electron chi connectivity index (χ0n) is 14.4. The summed E-state index contributed by atoms with van der Waals surface area (Å²) in [5, 5.41) is 6.69. The molecule has 0 atom stereocenters. The number of aromatic nitrogens is 3. The third kappa shape index (κ3) is 4.76. The molecule has 0 aliphatic heterocycles. The second-order valence-electron chi connectivity index (χ2n) is 6.68. The summed E-state index contributed by atoms with van der Waals surface area (Å²) in [6, 6.07) is 13.7. The van der Waals surface area contributed by atoms with Gasteiger partial charge >= 0.3 is 0 Å². The molecule has 0 amide bonds. The van der Waals surface area contributed by atoms with Gasteiger partial charge in [0.15, 0.2) is 0 Å². The van der Waals surface area contributed by atoms with Crippen molar-refractivity contribution in [3.05, 3.63) is 59.3 Å². The van der Waals surface area contributed by atoms with E-state index >= 15 is 0 Å². The first-order valence-corrected chi connectivity index (χ1v) is 8.79. The van der Waals surface area contributed by atoms with Gasteiger partial charge in [0, 0.05) is 34.0 Å². The van der Waals surface area contributed by atoms with E-state index in [0.717, 1.165) is 21.4 Å². The molecule has 0 saturated carbocycles. The molecule has 0 fully saturated rings. The molecule has 3 aromatic rings. The standard InChI is InChI=1S/C19H20BrN5/c1-19(2,3)25-18-23-16(13-7-6-10-21-12-13)11-17(24-18)22-15-9-5-4-8-14(15)20/h4-12H,1-3H3,(H2,22,23,24,25). The van der Waals surface area contributed by atoms with Crippen molar-refractivity contribution in [1.29, 1.82) is 0 Å². The first-order valence-electron chi connectivity index (χ1n) is 8.00. The molecule has 0 spiro atoms. The van der Waals surface area contributed by atoms with Crippen LogP contribution in [0.4, 0.5) is 17.5 Å². The number of rotatable bonds is 4. The van der Waals surface area contributed by atoms with Crippen molar-refractivity contribution in [3.63, 3.8) is 0 Å². The normalized spacial score (nSPS) is 11.2. The van der Waals surface area contributed by atoms with E-state index in [1.54, 1.807) is 12.4 Å². The number of benzene rings is 1. The monoisotopic (exact) mass is 397 g/mol. The van der Waals surface area contributed by atoms with E-state index in [9.17, 15) is 0 Å². The van der Waals surface area contributed by atoms with E-state index in [1.165, 1.54) is 0 Å². The fourth-order valence-electron chi connectivity index (χ4n) is 2.27. The Balaban J connectivity index is 2.02. The molecule has 0 radical (unpaired) electrons. The molecule has 0 aliphatic rings. The van der Waals surface area contributed by atoms with Gasteiger partial charge in [0.25, 0.3) is 0 Å². The number of nitrogens with one attached hydrogen (secondary N) is 2. The number of para-hydroxylation sites is 1. The summed E-state index contributed by atoms with van der Waals surface area (Å²) in [5.74, 6) is 1.29. The van der Waals surface area contributed by atoms with Gasteiger partial charge in [-0.1, -0.05) is 12.1 Å². The van der Waals surface area contributed by atoms with Crippen LogP contribution in [0.5, 0.6) is 0 Å². The van der Waals surface area contributed by atoms with E-state index < -0.39 is 0 Å². The average Bonchev–Trinajstić information content (AvgIpc) is 2.56. The molecule has 25 heavy (non-hydrogen) atoms. The summed E-state index contributed by atoms with van der Waals surface area (Å²) in [5.41, 5.74) is 2.56. The highest BCUT2D eigenvalue weighted by molar-refractivity contribution is 9.10. The smallest absolute Gasteiger partial charge is 0.225 e. The molecule has 1 aromatic carbocycles. The molecule has 0 saturated heterocycles. The largest absolute Gasteiger partial charge is 0.350 e. The van der Waals surface area contributed by atoms with Crippen molar-refractivity contribution in [2.45, 2.75) is 26.3 Å². The fourth-order valence-corrected chi connectivity index (χ4v) is 2.65. The van der Waals surface area contributed by atoms with Crippen molar-refractivity contribution in [2.24, 2.45) is 0 Å². The number of nitrogens with zero attached hydrogens (tertiary/aromatic N) is 3. The Kier molecular flexibility index (Phi) is 4.99. The maximum Gasteiger partial charge on any atom is 0.225 e. The third-order valence-electron chi connectivity index (χ3n) is 3.31. The van der Waals surface area contributed by atoms with Crippen LogP contribution in [-0.2, 0) is 0 Å². The Morgan fingerprint density at radius 1 is 1.00 bits per heavy atom. The molecule has 6 heteroatoms. The topological polar surface area (TPSA) is 62.7 Å². The summed E-state index contributed by atoms with van der Waals surface area (Å²) in [6.45, 7) is 6.23. The fraction of sp³-hybridized carbons (Fsp3) is 0.211. The summed E-state index contributed by atoms with van der Waals surface area (Å²) in [7, 11) is 0. The van der Waals surface area contributed by atoms with Crippen LogP contribution in [0.1, 0.15) is 20.8 Å². The Morgan fingerprint density at radius 3 is 2.48 bits per heavy atom. The van der Waals surface area contributed by atoms with Gasteiger partial charge in [-0.05, 0) is 61.0 Å². The second-order valence-corrected chi connectivity index (χ2v) is 7.54. The van der Waals surface area contributed by atoms with Gasteiger partial charge in [-0.3, -0.25) is 4.98 Å². The van der Waals surface area contributed by atoms with Crippen LogP contribution in [0.3, 0.4) is 0 Å². The lowest BCUT2D eigenvalue weighted by Gasteiger charge is -2.21. The Hall–Kier alpha value is -2.47. The molecule has 0 bridgehead atoms. The van der Waals surface area contributed by atoms with Gasteiger partial charge in [0.2, 0.25) is 5.95 Å². The van der Waals surface area contributed by atoms with E-state index in [0.29, 0.717) is 11.8 Å². The number of hydrogen-bond acceptors (Lipinski definition) is 5. The highest BCUT2D eigenvalue weighted by atomic mass is 79.9. The Bertz CT molecular complexity index is 859. The quantitative estimate of drug-likeness (QED) is 0.628. The highest BCUT2D eigenvalue weighted by Gasteiger charge is 2.14. The lowest BCUT2D eigenvalue weighted by atomic mass is 10.1. The molecule has 128 valence electrons. The second kappa shape index (κ2) is 7.19. The van der Waals surface area contributed by atoms with Gasteiger partial charge in [0.1, 0.15) is 5.82 Å². The first kappa shape index (κ1) is 17.4. The van der Waals surface area contributed by atoms with E-state index in [1.807, 2.05) is 42.5 Å². The lowest BCUT2D eigenvalue weighted by molar-refractivity contribution is 0.626. The van der Waals surface area contributed by atoms with Gasteiger partial charge < -0.3 is 10.6 Å². The Labute approximate surface area is 156 Å². The van der Waals surface area contributed by atoms with Gasteiger partial charge in [-0.15, -0.1) is 0 Å². The third-order valence-corrected chi connectivity index (χ3v) is 4.00. The minimum Gasteiger partial charge on any atom is -0.350 e. The number of anilines is 3. The van der Waals surface area contributed by atoms with Crippen molar-refractivity contribution >= 4 is 33.4 Å². The van der Waals surface area contributed by atoms with Gasteiger partial charge in [-0.25, -0.2) is 4.98 Å². The highest BCUT2D eigenvalue weighted by Crippen LogP contribution is 2.27. The van der Waals surface area contributed by atoms with Crippen molar-refractivity contribution in [1.82, 2.24) is 15.0 Å². The minimum atomic E-state index is -0.141. The molecule has 0 unspecified atom stereocenters. The predicted octanol–water partition coefficient (Wildman–Crippen LogP) is 5.26. The van der Waals surface area contributed by atoms with Gasteiger partial charge in [-0.2, -0.15) is 4.98 Å². The molecule has 0 aliphatic carbocycles. The maximum absolute atomic E-state index is 4.64. The summed E-state index contributed by atoms with van der Waals surface area (Å²) < 4.78 is 0.974. The van der Waals surface area contributed by atoms with Crippen LogP contribution in [0.25, 0.3) is 11.3 Å². The number of halogens is 1. The Morgan fingerprint density at radius 2 is 1.80 bits per heavy atom. The minimum absolute atomic E-state index is 0.141. The maximum atomic E-state index is 4.64. The van der Waals surface area contributed by atoms with Crippen molar-refractivity contribution in [2.75, 3.05) is 10.6 Å². The van der Waals surface area contributed by atoms with Crippen molar-refractivity contribution in [3.8, 4) is 11.3 Å². The lowest BCUT2D eigenvalue weighted by Crippen LogP contribution is -2.27. The molecule has 2 N–H and O–H groups in total. The molecular weight excluding hydrogens is 378 g/mol. The van der Waals surface area contributed by atoms with E-state index in [4.69, 9.17) is 0 Å². The van der Waals surface area contributed by atoms with Crippen LogP contribution >= 0.6 is 15.9 Å². The molecule has 2 heterocycles.